The van der Waals surface area contributed by atoms with E-state index in [0.717, 1.165) is 47.9 Å². The minimum Gasteiger partial charge on any atom is -0.370 e. The van der Waals surface area contributed by atoms with Gasteiger partial charge < -0.3 is 15.0 Å². The van der Waals surface area contributed by atoms with Gasteiger partial charge in [0.1, 0.15) is 6.23 Å². The zero-order valence-corrected chi connectivity index (χ0v) is 16.2. The predicted octanol–water partition coefficient (Wildman–Crippen LogP) is 4.39. The molecule has 1 aliphatic heterocycles. The second-order valence-corrected chi connectivity index (χ2v) is 7.53. The van der Waals surface area contributed by atoms with E-state index in [1.54, 1.807) is 6.07 Å². The van der Waals surface area contributed by atoms with E-state index in [4.69, 9.17) is 33.7 Å². The van der Waals surface area contributed by atoms with Crippen LogP contribution in [0, 0.1) is 0 Å². The molecule has 1 unspecified atom stereocenters. The van der Waals surface area contributed by atoms with Crippen LogP contribution < -0.4 is 5.73 Å². The molecule has 0 saturated carbocycles. The molecule has 0 spiro atoms. The zero-order valence-electron chi connectivity index (χ0n) is 14.7. The Labute approximate surface area is 166 Å². The number of amides is 1. The molecule has 1 saturated heterocycles. The second-order valence-electron chi connectivity index (χ2n) is 6.74. The van der Waals surface area contributed by atoms with Crippen molar-refractivity contribution < 1.29 is 9.53 Å². The van der Waals surface area contributed by atoms with Crippen molar-refractivity contribution in [1.82, 2.24) is 14.3 Å². The average molecular weight is 407 g/mol. The summed E-state index contributed by atoms with van der Waals surface area (Å²) in [5.41, 5.74) is 8.06. The number of aryl methyl sites for hydroxylation is 1. The highest BCUT2D eigenvalue weighted by molar-refractivity contribution is 6.45. The van der Waals surface area contributed by atoms with Gasteiger partial charge in [0.05, 0.1) is 21.8 Å². The van der Waals surface area contributed by atoms with Gasteiger partial charge in [0.2, 0.25) is 5.91 Å². The minimum absolute atomic E-state index is 0.0197. The van der Waals surface area contributed by atoms with Gasteiger partial charge in [-0.05, 0) is 25.3 Å². The first-order chi connectivity index (χ1) is 13.0. The van der Waals surface area contributed by atoms with Crippen molar-refractivity contribution in [3.63, 3.8) is 0 Å². The van der Waals surface area contributed by atoms with E-state index >= 15 is 0 Å². The smallest absolute Gasteiger partial charge is 0.219 e. The first-order valence-corrected chi connectivity index (χ1v) is 9.71. The Morgan fingerprint density at radius 1 is 1.30 bits per heavy atom. The van der Waals surface area contributed by atoms with Gasteiger partial charge in [-0.3, -0.25) is 4.79 Å². The van der Waals surface area contributed by atoms with Crippen molar-refractivity contribution >= 4 is 40.0 Å². The predicted molar refractivity (Wildman–Crippen MR) is 106 cm³/mol. The minimum atomic E-state index is -0.362. The van der Waals surface area contributed by atoms with E-state index in [1.807, 2.05) is 33.9 Å². The molecular formula is C19H20Cl2N4O2. The van der Waals surface area contributed by atoms with Crippen molar-refractivity contribution in [3.8, 4) is 11.1 Å². The van der Waals surface area contributed by atoms with Gasteiger partial charge in [-0.1, -0.05) is 29.3 Å². The number of ether oxygens (including phenoxy) is 1. The fraction of sp³-hybridized carbons (Fsp3) is 0.368. The lowest BCUT2D eigenvalue weighted by atomic mass is 10.1. The Morgan fingerprint density at radius 3 is 2.89 bits per heavy atom. The SMILES string of the molecule is NC(=O)CCn1cc(-c2cnn(C3CCCCO3)c2)c2ccc(Cl)c(Cl)c21. The van der Waals surface area contributed by atoms with E-state index in [-0.39, 0.29) is 18.6 Å². The first kappa shape index (κ1) is 18.3. The summed E-state index contributed by atoms with van der Waals surface area (Å²) in [6, 6.07) is 3.72. The number of carbonyl (C=O) groups excluding carboxylic acids is 1. The van der Waals surface area contributed by atoms with Gasteiger partial charge in [-0.15, -0.1) is 0 Å². The first-order valence-electron chi connectivity index (χ1n) is 8.96. The Hall–Kier alpha value is -2.02. The molecule has 27 heavy (non-hydrogen) atoms. The largest absolute Gasteiger partial charge is 0.370 e. The van der Waals surface area contributed by atoms with Gasteiger partial charge >= 0.3 is 0 Å². The number of primary amides is 1. The number of nitrogens with zero attached hydrogens (tertiary/aromatic N) is 3. The Kier molecular flexibility index (Phi) is 5.12. The molecule has 1 atom stereocenters. The summed E-state index contributed by atoms with van der Waals surface area (Å²) in [6.07, 6.45) is 9.19. The maximum Gasteiger partial charge on any atom is 0.219 e. The molecule has 2 aromatic heterocycles. The quantitative estimate of drug-likeness (QED) is 0.682. The second kappa shape index (κ2) is 7.54. The fourth-order valence-corrected chi connectivity index (χ4v) is 3.96. The Balaban J connectivity index is 1.76. The van der Waals surface area contributed by atoms with Crippen LogP contribution in [0.5, 0.6) is 0 Å². The topological polar surface area (TPSA) is 75.1 Å². The summed E-state index contributed by atoms with van der Waals surface area (Å²) in [6.45, 7) is 1.20. The van der Waals surface area contributed by atoms with E-state index < -0.39 is 0 Å². The number of hydrogen-bond acceptors (Lipinski definition) is 3. The van der Waals surface area contributed by atoms with Crippen LogP contribution in [0.15, 0.2) is 30.7 Å². The van der Waals surface area contributed by atoms with Crippen LogP contribution in [0.4, 0.5) is 0 Å². The Morgan fingerprint density at radius 2 is 2.15 bits per heavy atom. The molecule has 142 valence electrons. The van der Waals surface area contributed by atoms with E-state index in [2.05, 4.69) is 5.10 Å². The van der Waals surface area contributed by atoms with Crippen molar-refractivity contribution in [3.05, 3.63) is 40.8 Å². The van der Waals surface area contributed by atoms with Crippen LogP contribution >= 0.6 is 23.2 Å². The van der Waals surface area contributed by atoms with E-state index in [0.29, 0.717) is 16.6 Å². The van der Waals surface area contributed by atoms with Gasteiger partial charge in [-0.2, -0.15) is 5.10 Å². The normalized spacial score (nSPS) is 17.5. The zero-order chi connectivity index (χ0) is 19.0. The lowest BCUT2D eigenvalue weighted by Gasteiger charge is -2.22. The molecule has 1 amide bonds. The monoisotopic (exact) mass is 406 g/mol. The standard InChI is InChI=1S/C19H20Cl2N4O2/c20-15-5-4-13-14(11-24(7-6-16(22)26)19(13)18(15)21)12-9-23-25(10-12)17-3-1-2-8-27-17/h4-5,9-11,17H,1-3,6-8H2,(H2,22,26). The maximum atomic E-state index is 11.2. The molecule has 6 nitrogen and oxygen atoms in total. The lowest BCUT2D eigenvalue weighted by Crippen LogP contribution is -2.18. The molecule has 3 aromatic rings. The third-order valence-corrected chi connectivity index (χ3v) is 5.69. The van der Waals surface area contributed by atoms with Crippen molar-refractivity contribution in [2.75, 3.05) is 6.61 Å². The van der Waals surface area contributed by atoms with Crippen LogP contribution in [-0.2, 0) is 16.1 Å². The molecule has 3 heterocycles. The van der Waals surface area contributed by atoms with Crippen LogP contribution in [0.2, 0.25) is 10.0 Å². The highest BCUT2D eigenvalue weighted by Crippen LogP contribution is 2.38. The summed E-state index contributed by atoms with van der Waals surface area (Å²) in [5.74, 6) is -0.362. The summed E-state index contributed by atoms with van der Waals surface area (Å²) in [5, 5.41) is 6.39. The third-order valence-electron chi connectivity index (χ3n) is 4.89. The summed E-state index contributed by atoms with van der Waals surface area (Å²) < 4.78 is 9.61. The number of aromatic nitrogens is 3. The number of hydrogen-bond donors (Lipinski definition) is 1. The molecule has 2 N–H and O–H groups in total. The molecule has 1 aliphatic rings. The molecule has 0 radical (unpaired) electrons. The van der Waals surface area contributed by atoms with Crippen LogP contribution in [0.1, 0.15) is 31.9 Å². The number of halogens is 2. The fourth-order valence-electron chi connectivity index (χ4n) is 3.53. The summed E-state index contributed by atoms with van der Waals surface area (Å²) in [4.78, 5) is 11.2. The number of nitrogens with two attached hydrogens (primary N) is 1. The molecular weight excluding hydrogens is 387 g/mol. The van der Waals surface area contributed by atoms with Gasteiger partial charge in [0.15, 0.2) is 0 Å². The number of fused-ring (bicyclic) bond motifs is 1. The number of benzene rings is 1. The lowest BCUT2D eigenvalue weighted by molar-refractivity contribution is -0.118. The summed E-state index contributed by atoms with van der Waals surface area (Å²) in [7, 11) is 0. The van der Waals surface area contributed by atoms with Crippen molar-refractivity contribution in [2.45, 2.75) is 38.5 Å². The molecule has 0 aliphatic carbocycles. The highest BCUT2D eigenvalue weighted by Gasteiger charge is 2.20. The van der Waals surface area contributed by atoms with Gasteiger partial charge in [-0.25, -0.2) is 4.68 Å². The van der Waals surface area contributed by atoms with Crippen LogP contribution in [0.3, 0.4) is 0 Å². The molecule has 8 heteroatoms. The molecule has 0 bridgehead atoms. The average Bonchev–Trinajstić information content (AvgIpc) is 3.29. The van der Waals surface area contributed by atoms with E-state index in [9.17, 15) is 4.79 Å². The van der Waals surface area contributed by atoms with Crippen molar-refractivity contribution in [1.29, 1.82) is 0 Å². The van der Waals surface area contributed by atoms with Crippen LogP contribution in [-0.4, -0.2) is 26.9 Å². The molecule has 4 rings (SSSR count). The van der Waals surface area contributed by atoms with Crippen LogP contribution in [0.25, 0.3) is 22.0 Å². The molecule has 1 aromatic carbocycles. The van der Waals surface area contributed by atoms with Gasteiger partial charge in [0, 0.05) is 48.5 Å². The molecule has 1 fully saturated rings. The number of rotatable bonds is 5. The maximum absolute atomic E-state index is 11.2. The number of carbonyl (C=O) groups is 1. The highest BCUT2D eigenvalue weighted by atomic mass is 35.5. The van der Waals surface area contributed by atoms with Crippen molar-refractivity contribution in [2.24, 2.45) is 5.73 Å². The third kappa shape index (κ3) is 3.57. The van der Waals surface area contributed by atoms with E-state index in [1.165, 1.54) is 0 Å². The summed E-state index contributed by atoms with van der Waals surface area (Å²) >= 11 is 12.7. The Bertz CT molecular complexity index is 989. The van der Waals surface area contributed by atoms with Gasteiger partial charge in [0.25, 0.3) is 0 Å².